The van der Waals surface area contributed by atoms with Crippen LogP contribution in [-0.4, -0.2) is 48.4 Å². The van der Waals surface area contributed by atoms with Gasteiger partial charge < -0.3 is 4.90 Å². The minimum atomic E-state index is 0.344. The number of rotatable bonds is 3. The smallest absolute Gasteiger partial charge is 0.236 e. The predicted molar refractivity (Wildman–Crippen MR) is 56.0 cm³/mol. The molecule has 14 heavy (non-hydrogen) atoms. The van der Waals surface area contributed by atoms with Crippen molar-refractivity contribution in [1.29, 1.82) is 0 Å². The fourth-order valence-electron chi connectivity index (χ4n) is 2.32. The fourth-order valence-corrected chi connectivity index (χ4v) is 2.32. The van der Waals surface area contributed by atoms with Crippen molar-refractivity contribution in [2.24, 2.45) is 5.92 Å². The fraction of sp³-hybridized carbons (Fsp3) is 0.909. The van der Waals surface area contributed by atoms with Crippen LogP contribution >= 0.6 is 0 Å². The van der Waals surface area contributed by atoms with Crippen LogP contribution < -0.4 is 0 Å². The minimum Gasteiger partial charge on any atom is -0.342 e. The van der Waals surface area contributed by atoms with E-state index in [0.29, 0.717) is 12.5 Å². The van der Waals surface area contributed by atoms with Gasteiger partial charge in [-0.25, -0.2) is 0 Å². The van der Waals surface area contributed by atoms with E-state index >= 15 is 0 Å². The summed E-state index contributed by atoms with van der Waals surface area (Å²) < 4.78 is 0. The topological polar surface area (TPSA) is 23.6 Å². The van der Waals surface area contributed by atoms with Gasteiger partial charge in [0.2, 0.25) is 5.91 Å². The highest BCUT2D eigenvalue weighted by Gasteiger charge is 2.28. The second-order valence-electron chi connectivity index (χ2n) is 4.56. The van der Waals surface area contributed by atoms with Gasteiger partial charge in [-0.1, -0.05) is 13.3 Å². The Kier molecular flexibility index (Phi) is 3.06. The number of hydrogen-bond acceptors (Lipinski definition) is 2. The van der Waals surface area contributed by atoms with Gasteiger partial charge in [-0.15, -0.1) is 0 Å². The van der Waals surface area contributed by atoms with Gasteiger partial charge in [0, 0.05) is 26.2 Å². The van der Waals surface area contributed by atoms with Crippen LogP contribution in [0.1, 0.15) is 26.2 Å². The SMILES string of the molecule is CCC1CN(CC(=O)N2CCCC2)C1. The summed E-state index contributed by atoms with van der Waals surface area (Å²) >= 11 is 0. The second-order valence-corrected chi connectivity index (χ2v) is 4.56. The molecule has 2 fully saturated rings. The summed E-state index contributed by atoms with van der Waals surface area (Å²) in [5.74, 6) is 1.19. The molecule has 2 aliphatic heterocycles. The summed E-state index contributed by atoms with van der Waals surface area (Å²) in [5, 5.41) is 0. The Balaban J connectivity index is 1.68. The average molecular weight is 196 g/mol. The normalized spacial score (nSPS) is 23.9. The third-order valence-corrected chi connectivity index (χ3v) is 3.43. The van der Waals surface area contributed by atoms with E-state index in [1.807, 2.05) is 4.90 Å². The Morgan fingerprint density at radius 2 is 1.93 bits per heavy atom. The minimum absolute atomic E-state index is 0.344. The van der Waals surface area contributed by atoms with Crippen molar-refractivity contribution in [2.45, 2.75) is 26.2 Å². The van der Waals surface area contributed by atoms with Crippen LogP contribution in [0.2, 0.25) is 0 Å². The van der Waals surface area contributed by atoms with Gasteiger partial charge >= 0.3 is 0 Å². The van der Waals surface area contributed by atoms with Crippen molar-refractivity contribution in [3.63, 3.8) is 0 Å². The lowest BCUT2D eigenvalue weighted by Gasteiger charge is -2.38. The van der Waals surface area contributed by atoms with Gasteiger partial charge in [-0.2, -0.15) is 0 Å². The van der Waals surface area contributed by atoms with Crippen LogP contribution in [0.4, 0.5) is 0 Å². The molecule has 2 saturated heterocycles. The predicted octanol–water partition coefficient (Wildman–Crippen LogP) is 0.951. The average Bonchev–Trinajstić information content (AvgIpc) is 2.62. The quantitative estimate of drug-likeness (QED) is 0.671. The number of nitrogens with zero attached hydrogens (tertiary/aromatic N) is 2. The molecule has 0 aromatic rings. The highest BCUT2D eigenvalue weighted by Crippen LogP contribution is 2.18. The van der Waals surface area contributed by atoms with E-state index in [2.05, 4.69) is 11.8 Å². The van der Waals surface area contributed by atoms with Crippen LogP contribution in [0.3, 0.4) is 0 Å². The maximum atomic E-state index is 11.7. The number of carbonyl (C=O) groups is 1. The first kappa shape index (κ1) is 9.97. The molecular formula is C11H20N2O. The van der Waals surface area contributed by atoms with Crippen molar-refractivity contribution in [1.82, 2.24) is 9.80 Å². The van der Waals surface area contributed by atoms with Crippen LogP contribution in [0.25, 0.3) is 0 Å². The molecule has 0 N–H and O–H groups in total. The van der Waals surface area contributed by atoms with E-state index < -0.39 is 0 Å². The number of likely N-dealkylation sites (tertiary alicyclic amines) is 2. The summed E-state index contributed by atoms with van der Waals surface area (Å²) in [4.78, 5) is 16.0. The van der Waals surface area contributed by atoms with Gasteiger partial charge in [-0.3, -0.25) is 9.69 Å². The second kappa shape index (κ2) is 4.30. The van der Waals surface area contributed by atoms with Crippen molar-refractivity contribution in [2.75, 3.05) is 32.7 Å². The van der Waals surface area contributed by atoms with Crippen molar-refractivity contribution in [3.05, 3.63) is 0 Å². The van der Waals surface area contributed by atoms with Crippen LogP contribution in [-0.2, 0) is 4.79 Å². The van der Waals surface area contributed by atoms with Crippen molar-refractivity contribution in [3.8, 4) is 0 Å². The largest absolute Gasteiger partial charge is 0.342 e. The highest BCUT2D eigenvalue weighted by molar-refractivity contribution is 5.78. The van der Waals surface area contributed by atoms with Gasteiger partial charge in [-0.05, 0) is 18.8 Å². The highest BCUT2D eigenvalue weighted by atomic mass is 16.2. The first-order valence-corrected chi connectivity index (χ1v) is 5.79. The third-order valence-electron chi connectivity index (χ3n) is 3.43. The summed E-state index contributed by atoms with van der Waals surface area (Å²) in [7, 11) is 0. The molecule has 0 spiro atoms. The molecule has 0 atom stereocenters. The van der Waals surface area contributed by atoms with Crippen molar-refractivity contribution >= 4 is 5.91 Å². The summed E-state index contributed by atoms with van der Waals surface area (Å²) in [6.45, 7) is 7.14. The van der Waals surface area contributed by atoms with Gasteiger partial charge in [0.05, 0.1) is 6.54 Å². The van der Waals surface area contributed by atoms with Crippen LogP contribution in [0.15, 0.2) is 0 Å². The molecular weight excluding hydrogens is 176 g/mol. The molecule has 3 heteroatoms. The summed E-state index contributed by atoms with van der Waals surface area (Å²) in [6.07, 6.45) is 3.65. The summed E-state index contributed by atoms with van der Waals surface area (Å²) in [6, 6.07) is 0. The molecule has 0 radical (unpaired) electrons. The molecule has 0 aromatic heterocycles. The first-order valence-electron chi connectivity index (χ1n) is 5.79. The summed E-state index contributed by atoms with van der Waals surface area (Å²) in [5.41, 5.74) is 0. The molecule has 3 nitrogen and oxygen atoms in total. The zero-order valence-electron chi connectivity index (χ0n) is 9.04. The number of hydrogen-bond donors (Lipinski definition) is 0. The van der Waals surface area contributed by atoms with E-state index in [4.69, 9.17) is 0 Å². The van der Waals surface area contributed by atoms with E-state index in [1.165, 1.54) is 19.3 Å². The molecule has 0 saturated carbocycles. The first-order chi connectivity index (χ1) is 6.79. The Morgan fingerprint density at radius 1 is 1.29 bits per heavy atom. The molecule has 0 bridgehead atoms. The lowest BCUT2D eigenvalue weighted by atomic mass is 9.97. The Labute approximate surface area is 86.1 Å². The maximum absolute atomic E-state index is 11.7. The zero-order valence-corrected chi connectivity index (χ0v) is 9.04. The zero-order chi connectivity index (χ0) is 9.97. The maximum Gasteiger partial charge on any atom is 0.236 e. The van der Waals surface area contributed by atoms with E-state index in [9.17, 15) is 4.79 Å². The lowest BCUT2D eigenvalue weighted by Crippen LogP contribution is -2.50. The molecule has 80 valence electrons. The lowest BCUT2D eigenvalue weighted by molar-refractivity contribution is -0.133. The van der Waals surface area contributed by atoms with Gasteiger partial charge in [0.1, 0.15) is 0 Å². The van der Waals surface area contributed by atoms with Gasteiger partial charge in [0.25, 0.3) is 0 Å². The molecule has 2 heterocycles. The molecule has 2 aliphatic rings. The van der Waals surface area contributed by atoms with E-state index in [-0.39, 0.29) is 0 Å². The van der Waals surface area contributed by atoms with Crippen molar-refractivity contribution < 1.29 is 4.79 Å². The molecule has 0 aliphatic carbocycles. The van der Waals surface area contributed by atoms with Crippen LogP contribution in [0, 0.1) is 5.92 Å². The van der Waals surface area contributed by atoms with Gasteiger partial charge in [0.15, 0.2) is 0 Å². The Bertz CT molecular complexity index is 205. The molecule has 0 unspecified atom stereocenters. The van der Waals surface area contributed by atoms with Crippen LogP contribution in [0.5, 0.6) is 0 Å². The standard InChI is InChI=1S/C11H20N2O/c1-2-10-7-12(8-10)9-11(14)13-5-3-4-6-13/h10H,2-9H2,1H3. The monoisotopic (exact) mass is 196 g/mol. The Hall–Kier alpha value is -0.570. The molecule has 2 rings (SSSR count). The molecule has 0 aromatic carbocycles. The number of amides is 1. The van der Waals surface area contributed by atoms with E-state index in [1.54, 1.807) is 0 Å². The number of carbonyl (C=O) groups excluding carboxylic acids is 1. The third kappa shape index (κ3) is 2.08. The van der Waals surface area contributed by atoms with E-state index in [0.717, 1.165) is 32.1 Å². The molecule has 1 amide bonds. The Morgan fingerprint density at radius 3 is 2.50 bits per heavy atom.